The fraction of sp³-hybridized carbons (Fsp3) is 0.577. The number of nitrogens with zero attached hydrogens (tertiary/aromatic N) is 1. The molecule has 0 spiro atoms. The highest BCUT2D eigenvalue weighted by molar-refractivity contribution is 5.88. The van der Waals surface area contributed by atoms with Crippen LogP contribution in [0, 0.1) is 12.8 Å². The van der Waals surface area contributed by atoms with E-state index in [0.717, 1.165) is 36.6 Å². The maximum absolute atomic E-state index is 12.7. The van der Waals surface area contributed by atoms with Gasteiger partial charge in [-0.2, -0.15) is 0 Å². The van der Waals surface area contributed by atoms with Gasteiger partial charge in [0.15, 0.2) is 6.10 Å². The highest BCUT2D eigenvalue weighted by atomic mass is 16.5. The molecule has 2 aliphatic rings. The third-order valence-electron chi connectivity index (χ3n) is 7.44. The minimum absolute atomic E-state index is 0.108. The number of piperidine rings is 1. The molecular weight excluding hydrogens is 436 g/mol. The summed E-state index contributed by atoms with van der Waals surface area (Å²) in [5.74, 6) is 0.0123. The van der Waals surface area contributed by atoms with Crippen LogP contribution >= 0.6 is 0 Å². The zero-order valence-corrected chi connectivity index (χ0v) is 20.2. The lowest BCUT2D eigenvalue weighted by molar-refractivity contribution is -0.144. The molecule has 1 aliphatic heterocycles. The predicted octanol–water partition coefficient (Wildman–Crippen LogP) is 2.70. The smallest absolute Gasteiger partial charge is 0.336 e. The van der Waals surface area contributed by atoms with Gasteiger partial charge in [0.05, 0.1) is 12.1 Å². The Bertz CT molecular complexity index is 1140. The molecule has 0 radical (unpaired) electrons. The predicted molar refractivity (Wildman–Crippen MR) is 128 cm³/mol. The standard InChI is InChI=1S/C26H34N2O6/c1-4-18-13-23(30)34-24-16(2)21(9-8-20(18)24)33-17(3)25(31)27-14-22(29)28-12-11-26(32)10-6-5-7-19(26)15-28/h8-9,13,17,19,32H,4-7,10-12,14-15H2,1-3H3,(H,27,31)/t17-,19-,26+/m1/s1. The van der Waals surface area contributed by atoms with Crippen LogP contribution in [0.2, 0.25) is 0 Å². The Balaban J connectivity index is 1.35. The molecule has 34 heavy (non-hydrogen) atoms. The van der Waals surface area contributed by atoms with Crippen molar-refractivity contribution < 1.29 is 23.8 Å². The van der Waals surface area contributed by atoms with Crippen molar-refractivity contribution in [3.8, 4) is 5.75 Å². The summed E-state index contributed by atoms with van der Waals surface area (Å²) in [7, 11) is 0. The lowest BCUT2D eigenvalue weighted by Gasteiger charge is -2.47. The Morgan fingerprint density at radius 1 is 1.32 bits per heavy atom. The minimum Gasteiger partial charge on any atom is -0.480 e. The van der Waals surface area contributed by atoms with Gasteiger partial charge in [0.1, 0.15) is 11.3 Å². The number of amides is 2. The number of likely N-dealkylation sites (tertiary alicyclic amines) is 1. The second-order valence-corrected chi connectivity index (χ2v) is 9.62. The van der Waals surface area contributed by atoms with Crippen molar-refractivity contribution in [3.63, 3.8) is 0 Å². The SMILES string of the molecule is CCc1cc(=O)oc2c(C)c(O[C@H](C)C(=O)NCC(=O)N3CC[C@@]4(O)CCCC[C@@H]4C3)ccc12. The molecule has 2 fully saturated rings. The fourth-order valence-electron chi connectivity index (χ4n) is 5.29. The van der Waals surface area contributed by atoms with Crippen LogP contribution in [0.1, 0.15) is 57.1 Å². The van der Waals surface area contributed by atoms with E-state index in [1.54, 1.807) is 24.8 Å². The normalized spacial score (nSPS) is 23.3. The number of rotatable bonds is 6. The first-order valence-electron chi connectivity index (χ1n) is 12.2. The molecule has 1 aromatic heterocycles. The third-order valence-corrected chi connectivity index (χ3v) is 7.44. The molecule has 1 saturated carbocycles. The zero-order valence-electron chi connectivity index (χ0n) is 20.2. The van der Waals surface area contributed by atoms with Crippen LogP contribution in [0.5, 0.6) is 5.75 Å². The second-order valence-electron chi connectivity index (χ2n) is 9.62. The number of hydrogen-bond acceptors (Lipinski definition) is 6. The Hall–Kier alpha value is -2.87. The number of fused-ring (bicyclic) bond motifs is 2. The van der Waals surface area contributed by atoms with Gasteiger partial charge < -0.3 is 24.5 Å². The van der Waals surface area contributed by atoms with Crippen molar-refractivity contribution in [1.82, 2.24) is 10.2 Å². The van der Waals surface area contributed by atoms with E-state index in [1.165, 1.54) is 6.07 Å². The van der Waals surface area contributed by atoms with Gasteiger partial charge >= 0.3 is 5.63 Å². The van der Waals surface area contributed by atoms with Gasteiger partial charge in [-0.3, -0.25) is 9.59 Å². The highest BCUT2D eigenvalue weighted by Crippen LogP contribution is 2.39. The quantitative estimate of drug-likeness (QED) is 0.629. The summed E-state index contributed by atoms with van der Waals surface area (Å²) in [5, 5.41) is 14.3. The molecule has 3 atom stereocenters. The molecule has 2 heterocycles. The summed E-state index contributed by atoms with van der Waals surface area (Å²) in [6.07, 6.45) is 4.31. The minimum atomic E-state index is -0.838. The molecule has 8 heteroatoms. The number of hydrogen-bond donors (Lipinski definition) is 2. The van der Waals surface area contributed by atoms with Gasteiger partial charge in [0.25, 0.3) is 5.91 Å². The van der Waals surface area contributed by atoms with E-state index in [0.29, 0.717) is 42.8 Å². The Morgan fingerprint density at radius 2 is 2.12 bits per heavy atom. The van der Waals surface area contributed by atoms with Crippen LogP contribution in [0.15, 0.2) is 27.4 Å². The summed E-state index contributed by atoms with van der Waals surface area (Å²) in [6, 6.07) is 5.09. The van der Waals surface area contributed by atoms with Crippen LogP contribution in [0.25, 0.3) is 11.0 Å². The van der Waals surface area contributed by atoms with Gasteiger partial charge in [-0.05, 0) is 57.2 Å². The van der Waals surface area contributed by atoms with Crippen molar-refractivity contribution in [2.24, 2.45) is 5.92 Å². The topological polar surface area (TPSA) is 109 Å². The maximum atomic E-state index is 12.7. The average molecular weight is 471 g/mol. The van der Waals surface area contributed by atoms with Gasteiger partial charge in [0.2, 0.25) is 5.91 Å². The summed E-state index contributed by atoms with van der Waals surface area (Å²) in [6.45, 7) is 6.32. The summed E-state index contributed by atoms with van der Waals surface area (Å²) >= 11 is 0. The van der Waals surface area contributed by atoms with Crippen LogP contribution in [-0.2, 0) is 16.0 Å². The maximum Gasteiger partial charge on any atom is 0.336 e. The van der Waals surface area contributed by atoms with Gasteiger partial charge in [-0.15, -0.1) is 0 Å². The van der Waals surface area contributed by atoms with E-state index in [-0.39, 0.29) is 18.4 Å². The summed E-state index contributed by atoms with van der Waals surface area (Å²) in [5.41, 5.74) is 0.939. The van der Waals surface area contributed by atoms with E-state index in [9.17, 15) is 19.5 Å². The monoisotopic (exact) mass is 470 g/mol. The number of aliphatic hydroxyl groups is 1. The first kappa shape index (κ1) is 24.3. The Kier molecular flexibility index (Phi) is 6.98. The molecule has 184 valence electrons. The molecule has 8 nitrogen and oxygen atoms in total. The molecule has 0 unspecified atom stereocenters. The zero-order chi connectivity index (χ0) is 24.5. The number of nitrogens with one attached hydrogen (secondary N) is 1. The first-order chi connectivity index (χ1) is 16.2. The average Bonchev–Trinajstić information content (AvgIpc) is 2.83. The highest BCUT2D eigenvalue weighted by Gasteiger charge is 2.43. The lowest BCUT2D eigenvalue weighted by atomic mass is 9.71. The van der Waals surface area contributed by atoms with E-state index in [2.05, 4.69) is 5.32 Å². The molecule has 2 N–H and O–H groups in total. The van der Waals surface area contributed by atoms with Crippen molar-refractivity contribution in [2.45, 2.75) is 71.0 Å². The van der Waals surface area contributed by atoms with Crippen molar-refractivity contribution >= 4 is 22.8 Å². The molecule has 1 saturated heterocycles. The van der Waals surface area contributed by atoms with Crippen molar-refractivity contribution in [1.29, 1.82) is 0 Å². The fourth-order valence-corrected chi connectivity index (χ4v) is 5.29. The molecule has 4 rings (SSSR count). The largest absolute Gasteiger partial charge is 0.480 e. The summed E-state index contributed by atoms with van der Waals surface area (Å²) < 4.78 is 11.3. The van der Waals surface area contributed by atoms with Gasteiger partial charge in [-0.25, -0.2) is 4.79 Å². The van der Waals surface area contributed by atoms with Crippen LogP contribution < -0.4 is 15.7 Å². The van der Waals surface area contributed by atoms with E-state index >= 15 is 0 Å². The molecule has 2 amide bonds. The molecule has 1 aliphatic carbocycles. The molecule has 0 bridgehead atoms. The number of carbonyl (C=O) groups is 2. The van der Waals surface area contributed by atoms with Crippen LogP contribution in [0.3, 0.4) is 0 Å². The molecule has 2 aromatic rings. The lowest BCUT2D eigenvalue weighted by Crippen LogP contribution is -2.56. The summed E-state index contributed by atoms with van der Waals surface area (Å²) in [4.78, 5) is 39.0. The number of ether oxygens (including phenoxy) is 1. The van der Waals surface area contributed by atoms with Crippen LogP contribution in [-0.4, -0.2) is 53.2 Å². The van der Waals surface area contributed by atoms with Gasteiger partial charge in [-0.1, -0.05) is 19.8 Å². The Labute approximate surface area is 199 Å². The number of benzene rings is 1. The number of aryl methyl sites for hydroxylation is 2. The van der Waals surface area contributed by atoms with Crippen molar-refractivity contribution in [3.05, 3.63) is 39.7 Å². The molecular formula is C26H34N2O6. The molecule has 1 aromatic carbocycles. The van der Waals surface area contributed by atoms with E-state index in [4.69, 9.17) is 9.15 Å². The second kappa shape index (κ2) is 9.78. The third kappa shape index (κ3) is 4.82. The van der Waals surface area contributed by atoms with E-state index in [1.807, 2.05) is 13.0 Å². The number of carbonyl (C=O) groups excluding carboxylic acids is 2. The Morgan fingerprint density at radius 3 is 2.88 bits per heavy atom. The van der Waals surface area contributed by atoms with Gasteiger partial charge in [0, 0.05) is 36.0 Å². The van der Waals surface area contributed by atoms with E-state index < -0.39 is 23.2 Å². The van der Waals surface area contributed by atoms with Crippen LogP contribution in [0.4, 0.5) is 0 Å². The van der Waals surface area contributed by atoms with Crippen molar-refractivity contribution in [2.75, 3.05) is 19.6 Å². The first-order valence-corrected chi connectivity index (χ1v) is 12.2.